The van der Waals surface area contributed by atoms with Gasteiger partial charge in [-0.3, -0.25) is 23.9 Å². The Kier molecular flexibility index (Phi) is 10.6. The minimum absolute atomic E-state index is 0.0250. The van der Waals surface area contributed by atoms with Crippen LogP contribution in [0.25, 0.3) is 0 Å². The van der Waals surface area contributed by atoms with Crippen molar-refractivity contribution in [1.29, 1.82) is 0 Å². The lowest BCUT2D eigenvalue weighted by Gasteiger charge is -2.30. The van der Waals surface area contributed by atoms with Gasteiger partial charge in [0.05, 0.1) is 12.4 Å². The number of allylic oxidation sites excluding steroid dienone is 1. The number of methoxy groups -OCH3 is 1. The van der Waals surface area contributed by atoms with Gasteiger partial charge in [0.15, 0.2) is 0 Å². The maximum absolute atomic E-state index is 14.2. The number of nitrogens with one attached hydrogen (secondary N) is 4. The summed E-state index contributed by atoms with van der Waals surface area (Å²) in [6.07, 6.45) is 7.26. The van der Waals surface area contributed by atoms with Gasteiger partial charge in [-0.1, -0.05) is 25.0 Å². The lowest BCUT2D eigenvalue weighted by molar-refractivity contribution is -0.141. The average molecular weight is 702 g/mol. The molecule has 0 bridgehead atoms. The van der Waals surface area contributed by atoms with Crippen LogP contribution in [-0.4, -0.2) is 91.2 Å². The van der Waals surface area contributed by atoms with Crippen LogP contribution >= 0.6 is 0 Å². The lowest BCUT2D eigenvalue weighted by atomic mass is 10.0. The molecule has 5 atom stereocenters. The third-order valence-corrected chi connectivity index (χ3v) is 11.1. The Balaban J connectivity index is 1.42. The fourth-order valence-corrected chi connectivity index (χ4v) is 7.73. The van der Waals surface area contributed by atoms with Crippen molar-refractivity contribution in [1.82, 2.24) is 25.6 Å². The third kappa shape index (κ3) is 8.91. The monoisotopic (exact) mass is 701 g/mol. The van der Waals surface area contributed by atoms with E-state index in [9.17, 15) is 32.4 Å². The molecular formula is C34H47N5O9S. The van der Waals surface area contributed by atoms with Crippen LogP contribution in [0.2, 0.25) is 0 Å². The van der Waals surface area contributed by atoms with E-state index in [0.29, 0.717) is 43.4 Å². The van der Waals surface area contributed by atoms with E-state index in [-0.39, 0.29) is 19.4 Å². The molecule has 1 saturated heterocycles. The Bertz CT molecular complexity index is 1590. The molecule has 1 aromatic carbocycles. The molecule has 0 radical (unpaired) electrons. The molecule has 3 fully saturated rings. The zero-order valence-corrected chi connectivity index (χ0v) is 29.3. The van der Waals surface area contributed by atoms with Gasteiger partial charge in [-0.2, -0.15) is 0 Å². The summed E-state index contributed by atoms with van der Waals surface area (Å²) in [5.41, 5.74) is -1.97. The molecule has 5 rings (SSSR count). The van der Waals surface area contributed by atoms with Crippen molar-refractivity contribution in [3.63, 3.8) is 0 Å². The van der Waals surface area contributed by atoms with Crippen LogP contribution < -0.4 is 25.4 Å². The number of ether oxygens (including phenoxy) is 2. The summed E-state index contributed by atoms with van der Waals surface area (Å²) in [5, 5.41) is 7.79. The summed E-state index contributed by atoms with van der Waals surface area (Å²) in [6.45, 7) is 5.09. The molecule has 2 heterocycles. The highest BCUT2D eigenvalue weighted by Gasteiger charge is 2.62. The van der Waals surface area contributed by atoms with Crippen molar-refractivity contribution >= 4 is 39.7 Å². The van der Waals surface area contributed by atoms with Crippen molar-refractivity contribution in [2.24, 2.45) is 5.92 Å². The number of sulfonamides is 1. The number of hydrogen-bond acceptors (Lipinski definition) is 9. The highest BCUT2D eigenvalue weighted by Crippen LogP contribution is 2.46. The number of carbonyl (C=O) groups excluding carboxylic acids is 5. The first-order valence-electron chi connectivity index (χ1n) is 16.9. The van der Waals surface area contributed by atoms with Crippen LogP contribution in [0.1, 0.15) is 88.9 Å². The number of benzene rings is 1. The fourth-order valence-electron chi connectivity index (χ4n) is 6.37. The molecule has 15 heteroatoms. The smallest absolute Gasteiger partial charge is 0.408 e. The predicted octanol–water partition coefficient (Wildman–Crippen LogP) is 2.29. The number of amides is 5. The molecule has 0 spiro atoms. The maximum Gasteiger partial charge on any atom is 0.408 e. The van der Waals surface area contributed by atoms with Crippen molar-refractivity contribution in [3.05, 3.63) is 42.0 Å². The van der Waals surface area contributed by atoms with E-state index in [2.05, 4.69) is 20.7 Å². The van der Waals surface area contributed by atoms with Crippen LogP contribution in [0, 0.1) is 5.92 Å². The molecule has 4 N–H and O–H groups in total. The first-order valence-corrected chi connectivity index (χ1v) is 18.5. The standard InChI is InChI=1S/C34H47N5O9S/c1-33(2,3)48-32(44)36-26-11-9-7-5-6-8-10-22-19-34(22,31(43)38-49(45,46)25-16-17-25)37-29(41)27-18-23(20-39(27)30(26)42)35-28(40)21-12-14-24(47-4)15-13-21/h8,10,12-15,22-23,25-27H,5-7,9,11,16-20H2,1-4H3,(H,35,40)(H,36,44)(H,37,41)(H,38,43)/t22-,23-,26+,27+,34-/m1/s1. The molecule has 2 saturated carbocycles. The number of rotatable bonds is 7. The zero-order valence-electron chi connectivity index (χ0n) is 28.5. The summed E-state index contributed by atoms with van der Waals surface area (Å²) >= 11 is 0. The van der Waals surface area contributed by atoms with Crippen LogP contribution in [0.15, 0.2) is 36.4 Å². The van der Waals surface area contributed by atoms with Gasteiger partial charge in [0, 0.05) is 24.1 Å². The predicted molar refractivity (Wildman–Crippen MR) is 179 cm³/mol. The second kappa shape index (κ2) is 14.4. The van der Waals surface area contributed by atoms with E-state index in [1.807, 2.05) is 12.2 Å². The number of fused-ring (bicyclic) bond motifs is 2. The van der Waals surface area contributed by atoms with Gasteiger partial charge in [-0.15, -0.1) is 0 Å². The Hall–Kier alpha value is -4.14. The highest BCUT2D eigenvalue weighted by molar-refractivity contribution is 7.91. The highest BCUT2D eigenvalue weighted by atomic mass is 32.2. The SMILES string of the molecule is COc1ccc(C(=O)N[C@@H]2C[C@H]3C(=O)N[C@]4(C(=O)NS(=O)(=O)C5CC5)C[C@H]4C=CCCCCC[C@H](NC(=O)OC(C)(C)C)C(=O)N3C2)cc1. The van der Waals surface area contributed by atoms with Gasteiger partial charge >= 0.3 is 6.09 Å². The van der Waals surface area contributed by atoms with Gasteiger partial charge in [-0.05, 0) is 90.0 Å². The van der Waals surface area contributed by atoms with E-state index in [1.54, 1.807) is 45.0 Å². The first-order chi connectivity index (χ1) is 23.1. The normalized spacial score (nSPS) is 27.7. The van der Waals surface area contributed by atoms with E-state index < -0.39 is 80.2 Å². The molecule has 5 amide bonds. The van der Waals surface area contributed by atoms with Crippen molar-refractivity contribution in [2.75, 3.05) is 13.7 Å². The number of nitrogens with zero attached hydrogens (tertiary/aromatic N) is 1. The van der Waals surface area contributed by atoms with Crippen LogP contribution in [0.5, 0.6) is 5.75 Å². The number of hydrogen-bond donors (Lipinski definition) is 4. The fraction of sp³-hybridized carbons (Fsp3) is 0.618. The molecule has 14 nitrogen and oxygen atoms in total. The summed E-state index contributed by atoms with van der Waals surface area (Å²) in [7, 11) is -2.37. The van der Waals surface area contributed by atoms with E-state index in [1.165, 1.54) is 12.0 Å². The Morgan fingerprint density at radius 2 is 1.71 bits per heavy atom. The largest absolute Gasteiger partial charge is 0.497 e. The van der Waals surface area contributed by atoms with Crippen molar-refractivity contribution in [3.8, 4) is 5.75 Å². The zero-order chi connectivity index (χ0) is 35.6. The number of carbonyl (C=O) groups is 5. The first kappa shape index (κ1) is 36.1. The van der Waals surface area contributed by atoms with Crippen LogP contribution in [0.3, 0.4) is 0 Å². The summed E-state index contributed by atoms with van der Waals surface area (Å²) in [4.78, 5) is 69.3. The second-order valence-corrected chi connectivity index (χ2v) is 16.3. The average Bonchev–Trinajstić information content (AvgIpc) is 3.95. The molecular weight excluding hydrogens is 654 g/mol. The second-order valence-electron chi connectivity index (χ2n) is 14.4. The van der Waals surface area contributed by atoms with Crippen LogP contribution in [-0.2, 0) is 29.1 Å². The van der Waals surface area contributed by atoms with E-state index in [4.69, 9.17) is 9.47 Å². The molecule has 1 aromatic rings. The third-order valence-electron chi connectivity index (χ3n) is 9.26. The minimum atomic E-state index is -3.89. The van der Waals surface area contributed by atoms with Gasteiger partial charge in [0.25, 0.3) is 11.8 Å². The summed E-state index contributed by atoms with van der Waals surface area (Å²) in [6, 6.07) is 3.69. The topological polar surface area (TPSA) is 189 Å². The van der Waals surface area contributed by atoms with Gasteiger partial charge < -0.3 is 30.3 Å². The summed E-state index contributed by atoms with van der Waals surface area (Å²) in [5.74, 6) is -2.27. The Labute approximate surface area is 287 Å². The molecule has 268 valence electrons. The van der Waals surface area contributed by atoms with Gasteiger partial charge in [-0.25, -0.2) is 13.2 Å². The van der Waals surface area contributed by atoms with Crippen molar-refractivity contribution in [2.45, 2.75) is 113 Å². The molecule has 4 aliphatic rings. The molecule has 49 heavy (non-hydrogen) atoms. The Morgan fingerprint density at radius 3 is 2.37 bits per heavy atom. The quantitative estimate of drug-likeness (QED) is 0.309. The molecule has 2 aliphatic carbocycles. The summed E-state index contributed by atoms with van der Waals surface area (Å²) < 4.78 is 38.2. The maximum atomic E-state index is 14.2. The molecule has 0 unspecified atom stereocenters. The lowest BCUT2D eigenvalue weighted by Crippen LogP contribution is -2.58. The molecule has 2 aliphatic heterocycles. The molecule has 0 aromatic heterocycles. The van der Waals surface area contributed by atoms with Crippen molar-refractivity contribution < 1.29 is 41.9 Å². The van der Waals surface area contributed by atoms with E-state index >= 15 is 0 Å². The van der Waals surface area contributed by atoms with Crippen LogP contribution in [0.4, 0.5) is 4.79 Å². The minimum Gasteiger partial charge on any atom is -0.497 e. The number of alkyl carbamates (subject to hydrolysis) is 1. The van der Waals surface area contributed by atoms with Gasteiger partial charge in [0.2, 0.25) is 21.8 Å². The Morgan fingerprint density at radius 1 is 1.00 bits per heavy atom. The van der Waals surface area contributed by atoms with E-state index in [0.717, 1.165) is 12.8 Å². The van der Waals surface area contributed by atoms with Gasteiger partial charge in [0.1, 0.15) is 29.0 Å².